The molecule has 6 heavy (non-hydrogen) atoms. The van der Waals surface area contributed by atoms with Gasteiger partial charge >= 0.3 is 0 Å². The van der Waals surface area contributed by atoms with Gasteiger partial charge in [-0.2, -0.15) is 0 Å². The zero-order valence-corrected chi connectivity index (χ0v) is 4.96. The Labute approximate surface area is 47.2 Å². The number of ether oxygens (including phenoxy) is 1. The number of rotatable bonds is 2. The molecular weight excluding hydrogens is 123 g/mol. The molecule has 3 heteroatoms. The van der Waals surface area contributed by atoms with Gasteiger partial charge in [0, 0.05) is 6.61 Å². The fraction of sp³-hybridized carbons (Fsp3) is 1.00. The summed E-state index contributed by atoms with van der Waals surface area (Å²) in [6, 6.07) is 0. The van der Waals surface area contributed by atoms with E-state index in [1.54, 1.807) is 0 Å². The maximum atomic E-state index is 5.12. The van der Waals surface area contributed by atoms with E-state index in [1.807, 2.05) is 6.92 Å². The van der Waals surface area contributed by atoms with E-state index in [0.29, 0.717) is 6.61 Å². The van der Waals surface area contributed by atoms with Crippen LogP contribution in [0.4, 0.5) is 0 Å². The van der Waals surface area contributed by atoms with Crippen molar-refractivity contribution in [3.8, 4) is 0 Å². The smallest absolute Gasteiger partial charge is 0.206 e. The lowest BCUT2D eigenvalue weighted by Crippen LogP contribution is -1.92. The van der Waals surface area contributed by atoms with Gasteiger partial charge in [-0.05, 0) is 6.92 Å². The molecule has 0 aliphatic heterocycles. The summed E-state index contributed by atoms with van der Waals surface area (Å²) in [5, 5.41) is -0.657. The third kappa shape index (κ3) is 4.54. The Balaban J connectivity index is 2.63. The highest BCUT2D eigenvalue weighted by atomic mass is 35.5. The zero-order chi connectivity index (χ0) is 4.99. The van der Waals surface area contributed by atoms with Crippen LogP contribution in [-0.2, 0) is 4.74 Å². The van der Waals surface area contributed by atoms with Crippen molar-refractivity contribution >= 4 is 23.2 Å². The van der Waals surface area contributed by atoms with Crippen LogP contribution in [-0.4, -0.2) is 11.6 Å². The highest BCUT2D eigenvalue weighted by Gasteiger charge is 1.90. The Bertz CT molecular complexity index is 30.0. The van der Waals surface area contributed by atoms with Gasteiger partial charge in [-0.15, -0.1) is 0 Å². The summed E-state index contributed by atoms with van der Waals surface area (Å²) in [4.78, 5) is 0. The molecule has 0 amide bonds. The van der Waals surface area contributed by atoms with Gasteiger partial charge in [0.15, 0.2) is 0 Å². The van der Waals surface area contributed by atoms with Crippen molar-refractivity contribution in [3.63, 3.8) is 0 Å². The fourth-order valence-corrected chi connectivity index (χ4v) is 0.378. The van der Waals surface area contributed by atoms with Crippen LogP contribution in [0.15, 0.2) is 0 Å². The first-order valence-electron chi connectivity index (χ1n) is 1.67. The monoisotopic (exact) mass is 128 g/mol. The minimum atomic E-state index is -0.657. The number of alkyl halides is 2. The summed E-state index contributed by atoms with van der Waals surface area (Å²) >= 11 is 10.2. The van der Waals surface area contributed by atoms with Gasteiger partial charge in [-0.3, -0.25) is 0 Å². The quantitative estimate of drug-likeness (QED) is 0.516. The Morgan fingerprint density at radius 1 is 1.67 bits per heavy atom. The number of hydrogen-bond donors (Lipinski definition) is 0. The topological polar surface area (TPSA) is 9.23 Å². The Morgan fingerprint density at radius 2 is 2.17 bits per heavy atom. The molecule has 0 aromatic rings. The molecule has 0 N–H and O–H groups in total. The highest BCUT2D eigenvalue weighted by molar-refractivity contribution is 6.43. The standard InChI is InChI=1S/C3H6Cl2O/c1-2-6-3(4)5/h3H,2H2,1H3. The molecule has 0 bridgehead atoms. The molecule has 0 saturated carbocycles. The van der Waals surface area contributed by atoms with Crippen molar-refractivity contribution in [2.75, 3.05) is 6.61 Å². The Kier molecular flexibility index (Phi) is 4.06. The molecule has 1 nitrogen and oxygen atoms in total. The highest BCUT2D eigenvalue weighted by Crippen LogP contribution is 2.00. The Hall–Kier alpha value is 0.540. The Morgan fingerprint density at radius 3 is 2.17 bits per heavy atom. The van der Waals surface area contributed by atoms with Gasteiger partial charge in [0.2, 0.25) is 5.02 Å². The second-order valence-electron chi connectivity index (χ2n) is 0.716. The molecule has 0 radical (unpaired) electrons. The molecule has 0 aromatic heterocycles. The van der Waals surface area contributed by atoms with E-state index in [0.717, 1.165) is 0 Å². The molecule has 0 fully saturated rings. The minimum Gasteiger partial charge on any atom is -0.349 e. The average Bonchev–Trinajstić information content (AvgIpc) is 1.35. The SMILES string of the molecule is CCOC(Cl)Cl. The first kappa shape index (κ1) is 6.54. The molecule has 0 rings (SSSR count). The second kappa shape index (κ2) is 3.72. The predicted molar refractivity (Wildman–Crippen MR) is 27.1 cm³/mol. The van der Waals surface area contributed by atoms with E-state index >= 15 is 0 Å². The molecule has 0 aliphatic carbocycles. The molecule has 0 saturated heterocycles. The summed E-state index contributed by atoms with van der Waals surface area (Å²) in [5.41, 5.74) is 0. The van der Waals surface area contributed by atoms with Crippen LogP contribution < -0.4 is 0 Å². The van der Waals surface area contributed by atoms with Crippen molar-refractivity contribution in [3.05, 3.63) is 0 Å². The van der Waals surface area contributed by atoms with Crippen molar-refractivity contribution in [2.24, 2.45) is 0 Å². The van der Waals surface area contributed by atoms with Crippen LogP contribution in [0.5, 0.6) is 0 Å². The largest absolute Gasteiger partial charge is 0.349 e. The van der Waals surface area contributed by atoms with Crippen LogP contribution in [0.1, 0.15) is 6.92 Å². The van der Waals surface area contributed by atoms with E-state index in [-0.39, 0.29) is 0 Å². The van der Waals surface area contributed by atoms with E-state index < -0.39 is 5.02 Å². The van der Waals surface area contributed by atoms with Crippen molar-refractivity contribution in [1.29, 1.82) is 0 Å². The predicted octanol–water partition coefficient (Wildman–Crippen LogP) is 1.78. The van der Waals surface area contributed by atoms with Gasteiger partial charge in [0.05, 0.1) is 0 Å². The molecule has 0 unspecified atom stereocenters. The summed E-state index contributed by atoms with van der Waals surface area (Å²) in [6.07, 6.45) is 0. The molecule has 0 aromatic carbocycles. The minimum absolute atomic E-state index is 0.567. The molecule has 0 atom stereocenters. The summed E-state index contributed by atoms with van der Waals surface area (Å²) < 4.78 is 4.57. The van der Waals surface area contributed by atoms with Crippen LogP contribution >= 0.6 is 23.2 Å². The van der Waals surface area contributed by atoms with E-state index in [1.165, 1.54) is 0 Å². The molecule has 0 heterocycles. The van der Waals surface area contributed by atoms with Gasteiger partial charge in [-0.1, -0.05) is 23.2 Å². The van der Waals surface area contributed by atoms with Crippen molar-refractivity contribution in [1.82, 2.24) is 0 Å². The lowest BCUT2D eigenvalue weighted by Gasteiger charge is -1.95. The molecule has 0 spiro atoms. The zero-order valence-electron chi connectivity index (χ0n) is 3.45. The van der Waals surface area contributed by atoms with Gasteiger partial charge in [-0.25, -0.2) is 0 Å². The van der Waals surface area contributed by atoms with Crippen LogP contribution in [0.3, 0.4) is 0 Å². The van der Waals surface area contributed by atoms with Crippen LogP contribution in [0.25, 0.3) is 0 Å². The van der Waals surface area contributed by atoms with Crippen molar-refractivity contribution < 1.29 is 4.74 Å². The molecular formula is C3H6Cl2O. The summed E-state index contributed by atoms with van der Waals surface area (Å²) in [7, 11) is 0. The maximum absolute atomic E-state index is 5.12. The molecule has 0 aliphatic rings. The maximum Gasteiger partial charge on any atom is 0.206 e. The van der Waals surface area contributed by atoms with Gasteiger partial charge in [0.1, 0.15) is 0 Å². The van der Waals surface area contributed by atoms with Crippen molar-refractivity contribution in [2.45, 2.75) is 11.9 Å². The average molecular weight is 129 g/mol. The third-order valence-electron chi connectivity index (χ3n) is 0.293. The van der Waals surface area contributed by atoms with Crippen LogP contribution in [0.2, 0.25) is 0 Å². The van der Waals surface area contributed by atoms with Gasteiger partial charge < -0.3 is 4.74 Å². The van der Waals surface area contributed by atoms with E-state index in [4.69, 9.17) is 23.2 Å². The first-order chi connectivity index (χ1) is 2.77. The fourth-order valence-electron chi connectivity index (χ4n) is 0.126. The number of halogens is 2. The lowest BCUT2D eigenvalue weighted by atomic mass is 10.9. The second-order valence-corrected chi connectivity index (χ2v) is 1.73. The summed E-state index contributed by atoms with van der Waals surface area (Å²) in [5.74, 6) is 0. The first-order valence-corrected chi connectivity index (χ1v) is 2.54. The summed E-state index contributed by atoms with van der Waals surface area (Å²) in [6.45, 7) is 2.40. The molecule has 38 valence electrons. The number of hydrogen-bond acceptors (Lipinski definition) is 1. The van der Waals surface area contributed by atoms with E-state index in [9.17, 15) is 0 Å². The lowest BCUT2D eigenvalue weighted by molar-refractivity contribution is 0.169. The normalized spacial score (nSPS) is 10.0. The van der Waals surface area contributed by atoms with Crippen LogP contribution in [0, 0.1) is 0 Å². The van der Waals surface area contributed by atoms with Gasteiger partial charge in [0.25, 0.3) is 0 Å². The third-order valence-corrected chi connectivity index (χ3v) is 0.545. The van der Waals surface area contributed by atoms with E-state index in [2.05, 4.69) is 4.74 Å².